The predicted octanol–water partition coefficient (Wildman–Crippen LogP) is -1.11. The molecule has 0 aliphatic rings. The number of hydrogen-bond donors (Lipinski definition) is 0. The zero-order chi connectivity index (χ0) is 3.58. The fourth-order valence-electron chi connectivity index (χ4n) is 0. The molecule has 0 heterocycles. The van der Waals surface area contributed by atoms with Crippen LogP contribution in [0.4, 0.5) is 0 Å². The van der Waals surface area contributed by atoms with E-state index in [4.69, 9.17) is 28.8 Å². The molecule has 0 amide bonds. The second kappa shape index (κ2) is 11.0. The van der Waals surface area contributed by atoms with E-state index in [1.165, 1.54) is 0 Å². The fourth-order valence-corrected chi connectivity index (χ4v) is 0. The van der Waals surface area contributed by atoms with Gasteiger partial charge >= 0.3 is 93.6 Å². The van der Waals surface area contributed by atoms with E-state index in [2.05, 4.69) is 0 Å². The van der Waals surface area contributed by atoms with Gasteiger partial charge in [0, 0.05) is 0 Å². The SMILES string of the molecule is [Cl][Ir]([Cl])[Cl].[K+].[OH-]. The molecule has 6 heavy (non-hydrogen) atoms. The van der Waals surface area contributed by atoms with Crippen LogP contribution in [0.2, 0.25) is 0 Å². The Balaban J connectivity index is -0.0000000450. The molecule has 0 atom stereocenters. The minimum atomic E-state index is -1.92. The van der Waals surface area contributed by atoms with Crippen LogP contribution in [0.15, 0.2) is 0 Å². The monoisotopic (exact) mass is 354 g/mol. The van der Waals surface area contributed by atoms with E-state index in [0.717, 1.165) is 0 Å². The first kappa shape index (κ1) is 16.1. The third-order valence-corrected chi connectivity index (χ3v) is 0. The number of hydrogen-bond acceptors (Lipinski definition) is 1. The van der Waals surface area contributed by atoms with Gasteiger partial charge in [-0.2, -0.15) is 0 Å². The molecule has 0 unspecified atom stereocenters. The molecule has 0 aromatic rings. The van der Waals surface area contributed by atoms with E-state index in [1.807, 2.05) is 0 Å². The molecule has 1 nitrogen and oxygen atoms in total. The zero-order valence-corrected chi connectivity index (χ0v) is 10.7. The molecule has 0 saturated carbocycles. The van der Waals surface area contributed by atoms with Crippen molar-refractivity contribution in [3.8, 4) is 0 Å². The van der Waals surface area contributed by atoms with Crippen LogP contribution in [0.1, 0.15) is 0 Å². The first-order valence-electron chi connectivity index (χ1n) is 0.378. The van der Waals surface area contributed by atoms with E-state index >= 15 is 0 Å². The Labute approximate surface area is 96.6 Å². The maximum Gasteiger partial charge on any atom is 1.00 e. The summed E-state index contributed by atoms with van der Waals surface area (Å²) in [6.45, 7) is 0. The summed E-state index contributed by atoms with van der Waals surface area (Å²) < 4.78 is 0. The molecule has 0 radical (unpaired) electrons. The Morgan fingerprint density at radius 2 is 1.00 bits per heavy atom. The van der Waals surface area contributed by atoms with Crippen LogP contribution < -0.4 is 51.4 Å². The van der Waals surface area contributed by atoms with Crippen molar-refractivity contribution in [3.05, 3.63) is 0 Å². The fraction of sp³-hybridized carbons (Fsp3) is 0. The van der Waals surface area contributed by atoms with Crippen molar-refractivity contribution >= 4 is 28.8 Å². The van der Waals surface area contributed by atoms with Crippen LogP contribution in [-0.4, -0.2) is 5.48 Å². The maximum absolute atomic E-state index is 4.97. The van der Waals surface area contributed by atoms with E-state index < -0.39 is 13.5 Å². The first-order chi connectivity index (χ1) is 1.73. The normalized spacial score (nSPS) is 7.50. The minimum Gasteiger partial charge on any atom is -0.870 e. The van der Waals surface area contributed by atoms with Crippen LogP contribution in [0.25, 0.3) is 0 Å². The van der Waals surface area contributed by atoms with Gasteiger partial charge < -0.3 is 5.48 Å². The topological polar surface area (TPSA) is 30.0 Å². The van der Waals surface area contributed by atoms with Crippen LogP contribution in [0.3, 0.4) is 0 Å². The van der Waals surface area contributed by atoms with Crippen LogP contribution >= 0.6 is 28.8 Å². The van der Waals surface area contributed by atoms with Gasteiger partial charge in [-0.15, -0.1) is 0 Å². The minimum absolute atomic E-state index is 0. The Morgan fingerprint density at radius 1 is 1.00 bits per heavy atom. The molecule has 38 valence electrons. The summed E-state index contributed by atoms with van der Waals surface area (Å²) in [5, 5.41) is 0. The quantitative estimate of drug-likeness (QED) is 0.508. The third kappa shape index (κ3) is 27.4. The Hall–Kier alpha value is 3.12. The molecular formula is HCl3IrKO. The van der Waals surface area contributed by atoms with Gasteiger partial charge in [0.05, 0.1) is 0 Å². The molecular weight excluding hydrogens is 354 g/mol. The summed E-state index contributed by atoms with van der Waals surface area (Å²) in [4.78, 5) is 0. The van der Waals surface area contributed by atoms with E-state index in [-0.39, 0.29) is 56.9 Å². The van der Waals surface area contributed by atoms with Crippen molar-refractivity contribution in [2.45, 2.75) is 0 Å². The summed E-state index contributed by atoms with van der Waals surface area (Å²) in [5.41, 5.74) is 0. The first-order valence-corrected chi connectivity index (χ1v) is 9.28. The van der Waals surface area contributed by atoms with Gasteiger partial charge in [-0.25, -0.2) is 0 Å². The van der Waals surface area contributed by atoms with Crippen LogP contribution in [-0.2, 0) is 13.5 Å². The predicted molar refractivity (Wildman–Crippen MR) is 19.5 cm³/mol. The molecule has 0 rings (SSSR count). The number of halogens is 3. The van der Waals surface area contributed by atoms with Gasteiger partial charge in [-0.3, -0.25) is 0 Å². The smallest absolute Gasteiger partial charge is 0.870 e. The molecule has 0 fully saturated rings. The van der Waals surface area contributed by atoms with Crippen molar-refractivity contribution in [3.63, 3.8) is 0 Å². The van der Waals surface area contributed by atoms with Crippen LogP contribution in [0.5, 0.6) is 0 Å². The summed E-state index contributed by atoms with van der Waals surface area (Å²) in [5.74, 6) is 0. The Bertz CT molecular complexity index is 15.5. The Kier molecular flexibility index (Phi) is 29.4. The van der Waals surface area contributed by atoms with E-state index in [0.29, 0.717) is 0 Å². The van der Waals surface area contributed by atoms with Crippen molar-refractivity contribution in [2.75, 3.05) is 0 Å². The standard InChI is InChI=1S/3ClH.Ir.K.H2O/h3*1H;;;1H2/q;;;+3;+1;/p-4. The molecule has 0 aliphatic carbocycles. The maximum atomic E-state index is 4.97. The molecule has 6 heteroatoms. The van der Waals surface area contributed by atoms with Gasteiger partial charge in [0.1, 0.15) is 0 Å². The van der Waals surface area contributed by atoms with Gasteiger partial charge in [-0.1, -0.05) is 0 Å². The van der Waals surface area contributed by atoms with Crippen molar-refractivity contribution in [1.82, 2.24) is 0 Å². The van der Waals surface area contributed by atoms with Crippen molar-refractivity contribution in [1.29, 1.82) is 0 Å². The van der Waals surface area contributed by atoms with E-state index in [9.17, 15) is 0 Å². The van der Waals surface area contributed by atoms with Gasteiger partial charge in [0.2, 0.25) is 0 Å². The molecule has 0 bridgehead atoms. The molecule has 0 spiro atoms. The third-order valence-electron chi connectivity index (χ3n) is 0. The molecule has 0 aromatic carbocycles. The van der Waals surface area contributed by atoms with Crippen molar-refractivity contribution < 1.29 is 70.3 Å². The molecule has 0 aliphatic heterocycles. The zero-order valence-electron chi connectivity index (χ0n) is 2.91. The average molecular weight is 355 g/mol. The summed E-state index contributed by atoms with van der Waals surface area (Å²) in [6, 6.07) is 0. The van der Waals surface area contributed by atoms with Crippen molar-refractivity contribution in [2.24, 2.45) is 0 Å². The summed E-state index contributed by atoms with van der Waals surface area (Å²) >= 11 is -1.92. The van der Waals surface area contributed by atoms with Gasteiger partial charge in [0.25, 0.3) is 0 Å². The average Bonchev–Trinajstić information content (AvgIpc) is 0.811. The largest absolute Gasteiger partial charge is 1.00 e. The number of rotatable bonds is 0. The van der Waals surface area contributed by atoms with E-state index in [1.54, 1.807) is 0 Å². The Morgan fingerprint density at radius 3 is 1.00 bits per heavy atom. The summed E-state index contributed by atoms with van der Waals surface area (Å²) in [6.07, 6.45) is 0. The molecule has 1 N–H and O–H groups in total. The molecule has 0 aromatic heterocycles. The summed E-state index contributed by atoms with van der Waals surface area (Å²) in [7, 11) is 14.9. The van der Waals surface area contributed by atoms with Gasteiger partial charge in [-0.05, 0) is 0 Å². The van der Waals surface area contributed by atoms with Crippen LogP contribution in [0, 0.1) is 0 Å². The second-order valence-electron chi connectivity index (χ2n) is 0.143. The second-order valence-corrected chi connectivity index (χ2v) is 10.5. The molecule has 0 saturated heterocycles. The van der Waals surface area contributed by atoms with Gasteiger partial charge in [0.15, 0.2) is 0 Å².